The van der Waals surface area contributed by atoms with Crippen molar-refractivity contribution >= 4 is 99.6 Å². The summed E-state index contributed by atoms with van der Waals surface area (Å²) in [5.41, 5.74) is 25.8. The predicted molar refractivity (Wildman–Crippen MR) is 313 cm³/mol. The molecule has 0 spiro atoms. The second kappa shape index (κ2) is 15.1. The fourth-order valence-corrected chi connectivity index (χ4v) is 14.1. The van der Waals surface area contributed by atoms with Gasteiger partial charge in [0.25, 0.3) is 6.71 Å². The Labute approximate surface area is 430 Å². The molecule has 0 N–H and O–H groups in total. The molecular weight excluding hydrogens is 890 g/mol. The lowest BCUT2D eigenvalue weighted by molar-refractivity contribution is 0.589. The van der Waals surface area contributed by atoms with Gasteiger partial charge in [0, 0.05) is 71.5 Å². The van der Waals surface area contributed by atoms with Gasteiger partial charge in [-0.3, -0.25) is 0 Å². The molecule has 72 heavy (non-hydrogen) atoms. The highest BCUT2D eigenvalue weighted by molar-refractivity contribution is 7.26. The Balaban J connectivity index is 1.16. The summed E-state index contributed by atoms with van der Waals surface area (Å²) >= 11 is 1.92. The molecule has 0 fully saturated rings. The molecule has 4 heterocycles. The first kappa shape index (κ1) is 45.1. The van der Waals surface area contributed by atoms with Crippen LogP contribution in [-0.4, -0.2) is 11.3 Å². The number of thiophene rings is 1. The van der Waals surface area contributed by atoms with Crippen LogP contribution >= 0.6 is 11.3 Å². The van der Waals surface area contributed by atoms with Crippen LogP contribution in [0.15, 0.2) is 152 Å². The Hall–Kier alpha value is -6.82. The van der Waals surface area contributed by atoms with Crippen molar-refractivity contribution in [1.29, 1.82) is 0 Å². The Kier molecular flexibility index (Phi) is 9.47. The van der Waals surface area contributed by atoms with Gasteiger partial charge in [0.2, 0.25) is 0 Å². The molecule has 0 saturated carbocycles. The number of benzene rings is 8. The van der Waals surface area contributed by atoms with E-state index in [9.17, 15) is 0 Å². The molecule has 1 aliphatic carbocycles. The summed E-state index contributed by atoms with van der Waals surface area (Å²) in [5.74, 6) is 0. The van der Waals surface area contributed by atoms with Crippen molar-refractivity contribution < 1.29 is 0 Å². The van der Waals surface area contributed by atoms with Crippen molar-refractivity contribution in [3.63, 3.8) is 0 Å². The van der Waals surface area contributed by atoms with Crippen molar-refractivity contribution in [2.45, 2.75) is 112 Å². The topological polar surface area (TPSA) is 11.4 Å². The summed E-state index contributed by atoms with van der Waals surface area (Å²) in [6, 6.07) is 59.1. The van der Waals surface area contributed by atoms with Gasteiger partial charge in [0.05, 0.1) is 16.1 Å². The predicted octanol–water partition coefficient (Wildman–Crippen LogP) is 16.9. The van der Waals surface area contributed by atoms with Crippen LogP contribution in [0.3, 0.4) is 0 Å². The van der Waals surface area contributed by atoms with E-state index >= 15 is 0 Å². The van der Waals surface area contributed by atoms with Crippen LogP contribution in [0.1, 0.15) is 115 Å². The second-order valence-electron chi connectivity index (χ2n) is 24.8. The monoisotopic (exact) mass is 953 g/mol. The van der Waals surface area contributed by atoms with Gasteiger partial charge in [-0.05, 0) is 134 Å². The van der Waals surface area contributed by atoms with E-state index < -0.39 is 0 Å². The SMILES string of the molecule is Cc1cc(C(C)(C)C)ccc1N(c1ccc2c(c1)N(c1cccc3c1sc1ccccc13)c1cc(C(C)(C)C)cc3c1B2c1cccc2c4c(n-3c12)-c1ccccc1C4(C)C)c1ccc(C(C)(C)C)cc1C. The Morgan fingerprint density at radius 2 is 1.12 bits per heavy atom. The summed E-state index contributed by atoms with van der Waals surface area (Å²) in [6.07, 6.45) is 0. The number of fused-ring (bicyclic) bond motifs is 12. The molecule has 13 rings (SSSR count). The summed E-state index contributed by atoms with van der Waals surface area (Å²) in [4.78, 5) is 5.22. The van der Waals surface area contributed by atoms with Crippen LogP contribution < -0.4 is 26.2 Å². The van der Waals surface area contributed by atoms with Crippen molar-refractivity contribution in [1.82, 2.24) is 4.57 Å². The van der Waals surface area contributed by atoms with Gasteiger partial charge in [0.1, 0.15) is 0 Å². The van der Waals surface area contributed by atoms with Crippen LogP contribution in [0.4, 0.5) is 34.1 Å². The number of rotatable bonds is 4. The third-order valence-electron chi connectivity index (χ3n) is 16.6. The summed E-state index contributed by atoms with van der Waals surface area (Å²) < 4.78 is 5.31. The minimum atomic E-state index is -0.162. The average Bonchev–Trinajstić information content (AvgIpc) is 3.97. The zero-order chi connectivity index (χ0) is 50.1. The first-order valence-electron chi connectivity index (χ1n) is 26.0. The third-order valence-corrected chi connectivity index (χ3v) is 17.9. The molecule has 0 atom stereocenters. The summed E-state index contributed by atoms with van der Waals surface area (Å²) in [6.45, 7) is 30.5. The fraction of sp³-hybridized carbons (Fsp3) is 0.254. The lowest BCUT2D eigenvalue weighted by Crippen LogP contribution is -2.60. The van der Waals surface area contributed by atoms with Crippen molar-refractivity contribution in [2.24, 2.45) is 0 Å². The van der Waals surface area contributed by atoms with Gasteiger partial charge in [-0.25, -0.2) is 0 Å². The normalized spacial score (nSPS) is 14.5. The number of para-hydroxylation sites is 1. The van der Waals surface area contributed by atoms with E-state index in [4.69, 9.17) is 0 Å². The van der Waals surface area contributed by atoms with E-state index in [0.717, 1.165) is 5.69 Å². The maximum atomic E-state index is 2.70. The van der Waals surface area contributed by atoms with E-state index in [0.29, 0.717) is 0 Å². The number of aryl methyl sites for hydroxylation is 2. The Morgan fingerprint density at radius 1 is 0.514 bits per heavy atom. The van der Waals surface area contributed by atoms with Crippen LogP contribution in [-0.2, 0) is 21.7 Å². The summed E-state index contributed by atoms with van der Waals surface area (Å²) in [5, 5.41) is 3.97. The number of anilines is 6. The van der Waals surface area contributed by atoms with Crippen molar-refractivity contribution in [3.05, 3.63) is 191 Å². The molecule has 0 saturated heterocycles. The zero-order valence-electron chi connectivity index (χ0n) is 44.3. The van der Waals surface area contributed by atoms with E-state index in [-0.39, 0.29) is 28.4 Å². The van der Waals surface area contributed by atoms with Crippen molar-refractivity contribution in [2.75, 3.05) is 9.80 Å². The highest BCUT2D eigenvalue weighted by Gasteiger charge is 2.48. The largest absolute Gasteiger partial charge is 0.310 e. The van der Waals surface area contributed by atoms with Gasteiger partial charge in [-0.1, -0.05) is 179 Å². The maximum Gasteiger partial charge on any atom is 0.252 e. The standard InChI is InChI=1S/C67H64BN3S/c1-39-34-41(64(3,4)5)28-32-52(39)69(53-33-29-42(35-40(53)2)65(6,7)8)44-30-31-50-55(38-44)70(54-26-19-22-46-45-20-15-17-27-58(45)72-63(46)54)56-36-43(66(9,10)11)37-57-60(56)68(50)51-25-18-23-48-59-62(71(57)61(48)51)47-21-14-16-24-49(47)67(59,12)13/h14-38H,1-13H3. The number of hydrogen-bond acceptors (Lipinski definition) is 3. The third kappa shape index (κ3) is 6.35. The lowest BCUT2D eigenvalue weighted by atomic mass is 9.33. The highest BCUT2D eigenvalue weighted by Crippen LogP contribution is 2.56. The van der Waals surface area contributed by atoms with Crippen LogP contribution in [0.2, 0.25) is 0 Å². The first-order valence-corrected chi connectivity index (χ1v) is 26.9. The molecule has 0 radical (unpaired) electrons. The quantitative estimate of drug-likeness (QED) is 0.163. The molecule has 356 valence electrons. The van der Waals surface area contributed by atoms with E-state index in [1.165, 1.54) is 132 Å². The molecule has 10 aromatic rings. The number of aromatic nitrogens is 1. The smallest absolute Gasteiger partial charge is 0.252 e. The average molecular weight is 954 g/mol. The zero-order valence-corrected chi connectivity index (χ0v) is 45.1. The first-order chi connectivity index (χ1) is 34.2. The molecule has 0 unspecified atom stereocenters. The molecular formula is C67H64BN3S. The summed E-state index contributed by atoms with van der Waals surface area (Å²) in [7, 11) is 0. The van der Waals surface area contributed by atoms with E-state index in [2.05, 4.69) is 256 Å². The van der Waals surface area contributed by atoms with E-state index in [1.807, 2.05) is 11.3 Å². The second-order valence-corrected chi connectivity index (χ2v) is 25.8. The number of nitrogens with zero attached hydrogens (tertiary/aromatic N) is 3. The maximum absolute atomic E-state index is 2.70. The molecule has 8 aromatic carbocycles. The van der Waals surface area contributed by atoms with Crippen LogP contribution in [0, 0.1) is 13.8 Å². The number of hydrogen-bond donors (Lipinski definition) is 0. The van der Waals surface area contributed by atoms with Gasteiger partial charge >= 0.3 is 0 Å². The molecule has 5 heteroatoms. The molecule has 2 aliphatic heterocycles. The fourth-order valence-electron chi connectivity index (χ4n) is 12.9. The van der Waals surface area contributed by atoms with Crippen LogP contribution in [0.5, 0.6) is 0 Å². The Morgan fingerprint density at radius 3 is 1.81 bits per heavy atom. The van der Waals surface area contributed by atoms with Gasteiger partial charge < -0.3 is 14.4 Å². The van der Waals surface area contributed by atoms with Crippen molar-refractivity contribution in [3.8, 4) is 16.9 Å². The van der Waals surface area contributed by atoms with Crippen LogP contribution in [0.25, 0.3) is 48.0 Å². The Bertz CT molecular complexity index is 3890. The highest BCUT2D eigenvalue weighted by atomic mass is 32.1. The molecule has 3 aliphatic rings. The van der Waals surface area contributed by atoms with Gasteiger partial charge in [-0.15, -0.1) is 11.3 Å². The lowest BCUT2D eigenvalue weighted by Gasteiger charge is -2.42. The molecule has 3 nitrogen and oxygen atoms in total. The molecule has 2 aromatic heterocycles. The molecule has 0 amide bonds. The molecule has 0 bridgehead atoms. The minimum absolute atomic E-state index is 0.00423. The van der Waals surface area contributed by atoms with Gasteiger partial charge in [0.15, 0.2) is 0 Å². The van der Waals surface area contributed by atoms with E-state index in [1.54, 1.807) is 0 Å². The van der Waals surface area contributed by atoms with Gasteiger partial charge in [-0.2, -0.15) is 0 Å². The minimum Gasteiger partial charge on any atom is -0.310 e.